The number of carbonyl (C=O) groups is 2. The minimum absolute atomic E-state index is 0.152. The smallest absolute Gasteiger partial charge is 0.331 e. The SMILES string of the molecule is CCOC(=O)CC1=CC(=O)OC1. The maximum atomic E-state index is 10.9. The van der Waals surface area contributed by atoms with Gasteiger partial charge in [0.05, 0.1) is 13.0 Å². The lowest BCUT2D eigenvalue weighted by atomic mass is 10.2. The Morgan fingerprint density at radius 1 is 1.75 bits per heavy atom. The van der Waals surface area contributed by atoms with E-state index in [9.17, 15) is 9.59 Å². The number of esters is 2. The molecule has 1 aliphatic rings. The summed E-state index contributed by atoms with van der Waals surface area (Å²) in [5, 5.41) is 0. The molecule has 0 radical (unpaired) electrons. The zero-order valence-electron chi connectivity index (χ0n) is 6.83. The van der Waals surface area contributed by atoms with E-state index in [-0.39, 0.29) is 25.0 Å². The Bertz CT molecular complexity index is 229. The van der Waals surface area contributed by atoms with Crippen LogP contribution in [0.5, 0.6) is 0 Å². The third kappa shape index (κ3) is 2.38. The van der Waals surface area contributed by atoms with E-state index in [0.29, 0.717) is 12.2 Å². The summed E-state index contributed by atoms with van der Waals surface area (Å²) in [5.41, 5.74) is 0.679. The normalized spacial score (nSPS) is 15.4. The molecular formula is C8H10O4. The maximum Gasteiger partial charge on any atom is 0.331 e. The van der Waals surface area contributed by atoms with Gasteiger partial charge in [0.15, 0.2) is 0 Å². The van der Waals surface area contributed by atoms with Crippen molar-refractivity contribution in [3.8, 4) is 0 Å². The van der Waals surface area contributed by atoms with Crippen LogP contribution >= 0.6 is 0 Å². The number of hydrogen-bond acceptors (Lipinski definition) is 4. The summed E-state index contributed by atoms with van der Waals surface area (Å²) in [7, 11) is 0. The third-order valence-corrected chi connectivity index (χ3v) is 1.40. The van der Waals surface area contributed by atoms with Crippen LogP contribution in [0.25, 0.3) is 0 Å². The largest absolute Gasteiger partial charge is 0.466 e. The topological polar surface area (TPSA) is 52.6 Å². The van der Waals surface area contributed by atoms with Crippen molar-refractivity contribution in [1.82, 2.24) is 0 Å². The lowest BCUT2D eigenvalue weighted by molar-refractivity contribution is -0.142. The highest BCUT2D eigenvalue weighted by atomic mass is 16.5. The quantitative estimate of drug-likeness (QED) is 0.576. The number of ether oxygens (including phenoxy) is 2. The van der Waals surface area contributed by atoms with Gasteiger partial charge in [0.1, 0.15) is 6.61 Å². The van der Waals surface area contributed by atoms with E-state index < -0.39 is 0 Å². The number of carbonyl (C=O) groups excluding carboxylic acids is 2. The fraction of sp³-hybridized carbons (Fsp3) is 0.500. The Kier molecular flexibility index (Phi) is 2.85. The van der Waals surface area contributed by atoms with Gasteiger partial charge >= 0.3 is 11.9 Å². The molecular weight excluding hydrogens is 160 g/mol. The highest BCUT2D eigenvalue weighted by Crippen LogP contribution is 2.10. The fourth-order valence-electron chi connectivity index (χ4n) is 0.913. The van der Waals surface area contributed by atoms with E-state index in [4.69, 9.17) is 4.74 Å². The molecule has 0 saturated carbocycles. The first-order chi connectivity index (χ1) is 5.72. The Balaban J connectivity index is 2.36. The van der Waals surface area contributed by atoms with E-state index in [1.54, 1.807) is 6.92 Å². The summed E-state index contributed by atoms with van der Waals surface area (Å²) in [5.74, 6) is -0.698. The lowest BCUT2D eigenvalue weighted by Gasteiger charge is -2.00. The first-order valence-electron chi connectivity index (χ1n) is 3.74. The Morgan fingerprint density at radius 2 is 2.50 bits per heavy atom. The van der Waals surface area contributed by atoms with Crippen molar-refractivity contribution in [3.05, 3.63) is 11.6 Å². The molecule has 4 nitrogen and oxygen atoms in total. The van der Waals surface area contributed by atoms with Crippen LogP contribution in [0, 0.1) is 0 Å². The molecule has 1 heterocycles. The molecule has 0 spiro atoms. The third-order valence-electron chi connectivity index (χ3n) is 1.40. The number of hydrogen-bond donors (Lipinski definition) is 0. The van der Waals surface area contributed by atoms with Crippen LogP contribution in [0.2, 0.25) is 0 Å². The summed E-state index contributed by atoms with van der Waals surface area (Å²) in [6.07, 6.45) is 1.48. The van der Waals surface area contributed by atoms with E-state index in [1.165, 1.54) is 6.08 Å². The predicted octanol–water partition coefficient (Wildman–Crippen LogP) is 0.423. The van der Waals surface area contributed by atoms with Crippen molar-refractivity contribution in [1.29, 1.82) is 0 Å². The zero-order valence-corrected chi connectivity index (χ0v) is 6.83. The zero-order chi connectivity index (χ0) is 8.97. The van der Waals surface area contributed by atoms with Crippen molar-refractivity contribution < 1.29 is 19.1 Å². The van der Waals surface area contributed by atoms with Crippen LogP contribution in [0.4, 0.5) is 0 Å². The Hall–Kier alpha value is -1.32. The molecule has 12 heavy (non-hydrogen) atoms. The molecule has 0 atom stereocenters. The minimum atomic E-state index is -0.380. The monoisotopic (exact) mass is 170 g/mol. The highest BCUT2D eigenvalue weighted by molar-refractivity contribution is 5.87. The summed E-state index contributed by atoms with van der Waals surface area (Å²) in [6, 6.07) is 0. The highest BCUT2D eigenvalue weighted by Gasteiger charge is 2.15. The minimum Gasteiger partial charge on any atom is -0.466 e. The van der Waals surface area contributed by atoms with E-state index in [0.717, 1.165) is 0 Å². The molecule has 0 aromatic rings. The molecule has 4 heteroatoms. The van der Waals surface area contributed by atoms with Gasteiger partial charge in [-0.05, 0) is 12.5 Å². The average Bonchev–Trinajstić information content (AvgIpc) is 2.36. The fourth-order valence-corrected chi connectivity index (χ4v) is 0.913. The molecule has 0 amide bonds. The van der Waals surface area contributed by atoms with Crippen molar-refractivity contribution in [2.75, 3.05) is 13.2 Å². The summed E-state index contributed by atoms with van der Waals surface area (Å²) < 4.78 is 9.30. The number of cyclic esters (lactones) is 1. The van der Waals surface area contributed by atoms with Gasteiger partial charge in [-0.15, -0.1) is 0 Å². The standard InChI is InChI=1S/C8H10O4/c1-2-11-7(9)3-6-4-8(10)12-5-6/h4H,2-3,5H2,1H3. The van der Waals surface area contributed by atoms with E-state index in [1.807, 2.05) is 0 Å². The molecule has 0 N–H and O–H groups in total. The summed E-state index contributed by atoms with van der Waals surface area (Å²) in [4.78, 5) is 21.4. The summed E-state index contributed by atoms with van der Waals surface area (Å²) >= 11 is 0. The molecule has 0 aromatic carbocycles. The van der Waals surface area contributed by atoms with Gasteiger partial charge in [-0.2, -0.15) is 0 Å². The van der Waals surface area contributed by atoms with Gasteiger partial charge in [0.2, 0.25) is 0 Å². The Morgan fingerprint density at radius 3 is 3.00 bits per heavy atom. The van der Waals surface area contributed by atoms with Crippen LogP contribution in [0.15, 0.2) is 11.6 Å². The van der Waals surface area contributed by atoms with Gasteiger partial charge in [-0.25, -0.2) is 4.79 Å². The van der Waals surface area contributed by atoms with Crippen molar-refractivity contribution >= 4 is 11.9 Å². The van der Waals surface area contributed by atoms with Crippen molar-refractivity contribution in [3.63, 3.8) is 0 Å². The molecule has 66 valence electrons. The van der Waals surface area contributed by atoms with Gasteiger partial charge in [0.25, 0.3) is 0 Å². The molecule has 0 saturated heterocycles. The van der Waals surface area contributed by atoms with Gasteiger partial charge < -0.3 is 9.47 Å². The molecule has 0 aliphatic carbocycles. The van der Waals surface area contributed by atoms with Crippen LogP contribution in [0.1, 0.15) is 13.3 Å². The van der Waals surface area contributed by atoms with Crippen molar-refractivity contribution in [2.24, 2.45) is 0 Å². The second-order valence-corrected chi connectivity index (χ2v) is 2.39. The molecule has 0 fully saturated rings. The van der Waals surface area contributed by atoms with Crippen LogP contribution < -0.4 is 0 Å². The second-order valence-electron chi connectivity index (χ2n) is 2.39. The molecule has 0 aromatic heterocycles. The first kappa shape index (κ1) is 8.77. The van der Waals surface area contributed by atoms with Gasteiger partial charge in [-0.3, -0.25) is 4.79 Å². The predicted molar refractivity (Wildman–Crippen MR) is 40.3 cm³/mol. The van der Waals surface area contributed by atoms with Crippen molar-refractivity contribution in [2.45, 2.75) is 13.3 Å². The maximum absolute atomic E-state index is 10.9. The molecule has 0 unspecified atom stereocenters. The van der Waals surface area contributed by atoms with E-state index in [2.05, 4.69) is 4.74 Å². The molecule has 0 bridgehead atoms. The van der Waals surface area contributed by atoms with Crippen LogP contribution in [-0.4, -0.2) is 25.2 Å². The Labute approximate surface area is 70.1 Å². The van der Waals surface area contributed by atoms with Crippen LogP contribution in [-0.2, 0) is 19.1 Å². The number of rotatable bonds is 3. The van der Waals surface area contributed by atoms with Gasteiger partial charge in [-0.1, -0.05) is 0 Å². The second kappa shape index (κ2) is 3.90. The van der Waals surface area contributed by atoms with E-state index >= 15 is 0 Å². The van der Waals surface area contributed by atoms with Gasteiger partial charge in [0, 0.05) is 6.08 Å². The summed E-state index contributed by atoms with van der Waals surface area (Å²) in [6.45, 7) is 2.32. The lowest BCUT2D eigenvalue weighted by Crippen LogP contribution is -2.05. The average molecular weight is 170 g/mol. The molecule has 1 rings (SSSR count). The molecule has 1 aliphatic heterocycles. The first-order valence-corrected chi connectivity index (χ1v) is 3.74. The van der Waals surface area contributed by atoms with Crippen LogP contribution in [0.3, 0.4) is 0 Å².